The summed E-state index contributed by atoms with van der Waals surface area (Å²) in [6.07, 6.45) is 0. The van der Waals surface area contributed by atoms with Crippen molar-refractivity contribution >= 4 is 57.9 Å². The number of aromatic amines is 1. The van der Waals surface area contributed by atoms with Gasteiger partial charge < -0.3 is 9.72 Å². The molecule has 0 spiro atoms. The van der Waals surface area contributed by atoms with Crippen LogP contribution in [0, 0.1) is 23.0 Å². The summed E-state index contributed by atoms with van der Waals surface area (Å²) in [5.41, 5.74) is 2.76. The van der Waals surface area contributed by atoms with Gasteiger partial charge in [-0.15, -0.1) is 0 Å². The van der Waals surface area contributed by atoms with Crippen molar-refractivity contribution in [1.29, 1.82) is 0 Å². The van der Waals surface area contributed by atoms with E-state index in [-0.39, 0.29) is 22.9 Å². The van der Waals surface area contributed by atoms with E-state index >= 15 is 0 Å². The summed E-state index contributed by atoms with van der Waals surface area (Å²) in [7, 11) is 0. The van der Waals surface area contributed by atoms with Crippen molar-refractivity contribution < 1.29 is 19.2 Å². The predicted molar refractivity (Wildman–Crippen MR) is 152 cm³/mol. The fourth-order valence-electron chi connectivity index (χ4n) is 5.07. The van der Waals surface area contributed by atoms with E-state index in [1.807, 2.05) is 31.2 Å². The molecule has 1 N–H and O–H groups in total. The monoisotopic (exact) mass is 593 g/mol. The number of ether oxygens (including phenoxy) is 1. The van der Waals surface area contributed by atoms with Crippen LogP contribution >= 0.6 is 34.7 Å². The number of anilines is 1. The van der Waals surface area contributed by atoms with E-state index in [1.54, 1.807) is 18.2 Å². The molecule has 1 aromatic heterocycles. The number of carbonyl (C=O) groups is 2. The quantitative estimate of drug-likeness (QED) is 0.173. The molecule has 2 amide bonds. The lowest BCUT2D eigenvalue weighted by Crippen LogP contribution is -2.32. The van der Waals surface area contributed by atoms with Gasteiger partial charge in [0.15, 0.2) is 0 Å². The van der Waals surface area contributed by atoms with Gasteiger partial charge in [0.05, 0.1) is 21.6 Å². The van der Waals surface area contributed by atoms with Gasteiger partial charge in [0.1, 0.15) is 17.6 Å². The summed E-state index contributed by atoms with van der Waals surface area (Å²) in [5.74, 6) is -1.97. The molecule has 1 saturated heterocycles. The Bertz CT molecular complexity index is 1720. The van der Waals surface area contributed by atoms with Crippen LogP contribution in [0.3, 0.4) is 0 Å². The Hall–Kier alpha value is -3.93. The van der Waals surface area contributed by atoms with Gasteiger partial charge in [-0.2, -0.15) is 0 Å². The molecular formula is C28H20ClN3O6S2. The molecule has 9 nitrogen and oxygen atoms in total. The largest absolute Gasteiger partial charge is 0.489 e. The fourth-order valence-corrected chi connectivity index (χ4v) is 7.76. The molecule has 3 unspecified atom stereocenters. The molecule has 0 radical (unpaired) electrons. The van der Waals surface area contributed by atoms with Crippen molar-refractivity contribution in [2.75, 3.05) is 4.90 Å². The van der Waals surface area contributed by atoms with Crippen LogP contribution < -0.4 is 14.5 Å². The first-order valence-corrected chi connectivity index (χ1v) is 14.3. The smallest absolute Gasteiger partial charge is 0.305 e. The van der Waals surface area contributed by atoms with Crippen LogP contribution in [0.5, 0.6) is 5.75 Å². The molecule has 0 saturated carbocycles. The second-order valence-corrected chi connectivity index (χ2v) is 12.1. The number of fused-ring (bicyclic) bond motifs is 2. The molecule has 0 aliphatic carbocycles. The van der Waals surface area contributed by atoms with E-state index < -0.39 is 33.8 Å². The molecule has 4 aromatic rings. The molecular weight excluding hydrogens is 574 g/mol. The minimum atomic E-state index is -0.855. The molecule has 2 aliphatic heterocycles. The lowest BCUT2D eigenvalue weighted by Gasteiger charge is -2.31. The molecule has 40 heavy (non-hydrogen) atoms. The van der Waals surface area contributed by atoms with Crippen LogP contribution in [0.1, 0.15) is 27.5 Å². The first-order chi connectivity index (χ1) is 19.2. The summed E-state index contributed by atoms with van der Waals surface area (Å²) in [5, 5.41) is 11.2. The topological polar surface area (TPSA) is 123 Å². The summed E-state index contributed by atoms with van der Waals surface area (Å²) in [6, 6.07) is 18.3. The predicted octanol–water partition coefficient (Wildman–Crippen LogP) is 5.68. The number of benzene rings is 3. The number of nitrogens with one attached hydrogen (secondary N) is 1. The Kier molecular flexibility index (Phi) is 6.73. The molecule has 1 fully saturated rings. The summed E-state index contributed by atoms with van der Waals surface area (Å²) >= 11 is 8.57. The minimum absolute atomic E-state index is 0.151. The average molecular weight is 594 g/mol. The van der Waals surface area contributed by atoms with Gasteiger partial charge in [0, 0.05) is 33.5 Å². The minimum Gasteiger partial charge on any atom is -0.489 e. The third-order valence-electron chi connectivity index (χ3n) is 6.96. The number of nitro groups is 1. The lowest BCUT2D eigenvalue weighted by atomic mass is 9.82. The standard InChI is InChI=1S/C28H20ClN3O6S2/c1-14-2-4-15(5-3-14)13-38-20-11-6-16(29)12-19(20)21-22-24(39-25-23(21)40-28(35)30-25)27(34)31(26(22)33)17-7-9-18(10-8-17)32(36)37/h2-12,21-22,24H,13H2,1H3,(H,30,35). The zero-order valence-corrected chi connectivity index (χ0v) is 23.2. The highest BCUT2D eigenvalue weighted by molar-refractivity contribution is 8.00. The first kappa shape index (κ1) is 26.3. The Morgan fingerprint density at radius 2 is 1.75 bits per heavy atom. The SMILES string of the molecule is Cc1ccc(COc2ccc(Cl)cc2C2c3sc(=O)[nH]c3SC3C(=O)N(c4ccc([N+](=O)[O-])cc4)C(=O)C32)cc1. The Morgan fingerprint density at radius 3 is 2.45 bits per heavy atom. The Balaban J connectivity index is 1.42. The maximum absolute atomic E-state index is 14.0. The second-order valence-electron chi connectivity index (χ2n) is 9.49. The number of nitrogens with zero attached hydrogens (tertiary/aromatic N) is 2. The normalized spacial score (nSPS) is 19.9. The number of non-ortho nitro benzene ring substituents is 1. The van der Waals surface area contributed by atoms with Crippen LogP contribution in [0.4, 0.5) is 11.4 Å². The third-order valence-corrected chi connectivity index (χ3v) is 9.60. The van der Waals surface area contributed by atoms with Crippen LogP contribution in [-0.2, 0) is 16.2 Å². The van der Waals surface area contributed by atoms with Gasteiger partial charge in [-0.25, -0.2) is 4.90 Å². The summed E-state index contributed by atoms with van der Waals surface area (Å²) < 4.78 is 6.23. The molecule has 3 heterocycles. The van der Waals surface area contributed by atoms with E-state index in [0.717, 1.165) is 39.1 Å². The van der Waals surface area contributed by atoms with E-state index in [0.29, 0.717) is 26.2 Å². The molecule has 12 heteroatoms. The highest BCUT2D eigenvalue weighted by Crippen LogP contribution is 2.54. The number of halogens is 1. The number of thioether (sulfide) groups is 1. The number of amides is 2. The van der Waals surface area contributed by atoms with Gasteiger partial charge in [-0.1, -0.05) is 64.5 Å². The van der Waals surface area contributed by atoms with Crippen LogP contribution in [0.25, 0.3) is 0 Å². The maximum Gasteiger partial charge on any atom is 0.305 e. The number of hydrogen-bond acceptors (Lipinski definition) is 8. The van der Waals surface area contributed by atoms with Gasteiger partial charge in [-0.3, -0.25) is 24.5 Å². The average Bonchev–Trinajstić information content (AvgIpc) is 3.43. The molecule has 0 bridgehead atoms. The van der Waals surface area contributed by atoms with Crippen molar-refractivity contribution in [1.82, 2.24) is 4.98 Å². The van der Waals surface area contributed by atoms with Gasteiger partial charge in [-0.05, 0) is 42.8 Å². The number of aryl methyl sites for hydroxylation is 1. The van der Waals surface area contributed by atoms with Gasteiger partial charge >= 0.3 is 4.87 Å². The number of nitro benzene ring substituents is 1. The van der Waals surface area contributed by atoms with Gasteiger partial charge in [0.25, 0.3) is 5.69 Å². The lowest BCUT2D eigenvalue weighted by molar-refractivity contribution is -0.384. The Morgan fingerprint density at radius 1 is 1.02 bits per heavy atom. The first-order valence-electron chi connectivity index (χ1n) is 12.2. The number of hydrogen-bond donors (Lipinski definition) is 1. The highest BCUT2D eigenvalue weighted by atomic mass is 35.5. The van der Waals surface area contributed by atoms with Crippen LogP contribution in [0.15, 0.2) is 76.6 Å². The van der Waals surface area contributed by atoms with Crippen molar-refractivity contribution in [2.24, 2.45) is 5.92 Å². The summed E-state index contributed by atoms with van der Waals surface area (Å²) in [6.45, 7) is 2.27. The van der Waals surface area contributed by atoms with E-state index in [1.165, 1.54) is 24.3 Å². The molecule has 2 aliphatic rings. The number of rotatable bonds is 6. The number of aromatic nitrogens is 1. The van der Waals surface area contributed by atoms with Crippen LogP contribution in [-0.4, -0.2) is 27.0 Å². The maximum atomic E-state index is 14.0. The Labute approximate surface area is 240 Å². The van der Waals surface area contributed by atoms with Crippen molar-refractivity contribution in [2.45, 2.75) is 29.7 Å². The number of carbonyl (C=O) groups excluding carboxylic acids is 2. The number of imide groups is 1. The zero-order valence-electron chi connectivity index (χ0n) is 20.8. The van der Waals surface area contributed by atoms with E-state index in [4.69, 9.17) is 16.3 Å². The van der Waals surface area contributed by atoms with E-state index in [9.17, 15) is 24.5 Å². The zero-order chi connectivity index (χ0) is 28.1. The van der Waals surface area contributed by atoms with Crippen molar-refractivity contribution in [3.8, 4) is 5.75 Å². The molecule has 6 rings (SSSR count). The molecule has 202 valence electrons. The summed E-state index contributed by atoms with van der Waals surface area (Å²) in [4.78, 5) is 54.9. The highest BCUT2D eigenvalue weighted by Gasteiger charge is 2.56. The molecule has 3 aromatic carbocycles. The fraction of sp³-hybridized carbons (Fsp3) is 0.179. The second kappa shape index (κ2) is 10.2. The van der Waals surface area contributed by atoms with Crippen molar-refractivity contribution in [3.63, 3.8) is 0 Å². The third kappa shape index (κ3) is 4.59. The van der Waals surface area contributed by atoms with Crippen molar-refractivity contribution in [3.05, 3.63) is 113 Å². The van der Waals surface area contributed by atoms with Gasteiger partial charge in [0.2, 0.25) is 11.8 Å². The number of H-pyrrole nitrogens is 1. The number of thiazole rings is 1. The van der Waals surface area contributed by atoms with Crippen LogP contribution in [0.2, 0.25) is 5.02 Å². The molecule has 3 atom stereocenters. The van der Waals surface area contributed by atoms with E-state index in [2.05, 4.69) is 4.98 Å².